The summed E-state index contributed by atoms with van der Waals surface area (Å²) in [5, 5.41) is 7.49. The van der Waals surface area contributed by atoms with Gasteiger partial charge in [-0.2, -0.15) is 5.10 Å². The van der Waals surface area contributed by atoms with E-state index in [4.69, 9.17) is 10.5 Å². The maximum atomic E-state index is 11.7. The van der Waals surface area contributed by atoms with Gasteiger partial charge in [-0.15, -0.1) is 24.0 Å². The lowest BCUT2D eigenvalue weighted by Gasteiger charge is -2.31. The first-order chi connectivity index (χ1) is 13.2. The van der Waals surface area contributed by atoms with Gasteiger partial charge in [-0.3, -0.25) is 0 Å². The zero-order chi connectivity index (χ0) is 19.1. The van der Waals surface area contributed by atoms with Crippen LogP contribution in [0.1, 0.15) is 25.3 Å². The van der Waals surface area contributed by atoms with Crippen molar-refractivity contribution in [1.82, 2.24) is 20.0 Å². The highest BCUT2D eigenvalue weighted by molar-refractivity contribution is 14.0. The molecule has 152 valence electrons. The van der Waals surface area contributed by atoms with E-state index in [9.17, 15) is 4.79 Å². The summed E-state index contributed by atoms with van der Waals surface area (Å²) >= 11 is 0. The normalized spacial score (nSPS) is 15.0. The number of likely N-dealkylation sites (tertiary alicyclic amines) is 1. The van der Waals surface area contributed by atoms with Gasteiger partial charge in [-0.05, 0) is 43.5 Å². The van der Waals surface area contributed by atoms with Gasteiger partial charge in [-0.1, -0.05) is 12.1 Å². The number of benzene rings is 1. The van der Waals surface area contributed by atoms with Crippen LogP contribution in [-0.2, 0) is 11.3 Å². The van der Waals surface area contributed by atoms with Crippen molar-refractivity contribution in [3.63, 3.8) is 0 Å². The van der Waals surface area contributed by atoms with E-state index in [1.807, 2.05) is 48.1 Å². The van der Waals surface area contributed by atoms with Crippen LogP contribution >= 0.6 is 24.0 Å². The summed E-state index contributed by atoms with van der Waals surface area (Å²) in [7, 11) is 0. The van der Waals surface area contributed by atoms with Gasteiger partial charge in [0.25, 0.3) is 0 Å². The average molecular weight is 498 g/mol. The molecule has 3 rings (SSSR count). The number of hydrogen-bond acceptors (Lipinski definition) is 4. The van der Waals surface area contributed by atoms with Gasteiger partial charge in [0, 0.05) is 31.5 Å². The smallest absolute Gasteiger partial charge is 0.409 e. The second-order valence-electron chi connectivity index (χ2n) is 6.43. The predicted octanol–water partition coefficient (Wildman–Crippen LogP) is 2.52. The van der Waals surface area contributed by atoms with E-state index < -0.39 is 0 Å². The molecule has 0 atom stereocenters. The van der Waals surface area contributed by atoms with Crippen molar-refractivity contribution in [2.45, 2.75) is 32.4 Å². The van der Waals surface area contributed by atoms with Crippen molar-refractivity contribution < 1.29 is 9.53 Å². The van der Waals surface area contributed by atoms with E-state index >= 15 is 0 Å². The number of hydrogen-bond donors (Lipinski definition) is 2. The minimum Gasteiger partial charge on any atom is -0.450 e. The molecule has 0 radical (unpaired) electrons. The first kappa shape index (κ1) is 22.0. The van der Waals surface area contributed by atoms with Crippen LogP contribution in [0, 0.1) is 0 Å². The Morgan fingerprint density at radius 3 is 2.82 bits per heavy atom. The third-order valence-corrected chi connectivity index (χ3v) is 4.48. The number of ether oxygens (including phenoxy) is 1. The van der Waals surface area contributed by atoms with Crippen LogP contribution in [0.15, 0.2) is 47.7 Å². The van der Waals surface area contributed by atoms with Crippen molar-refractivity contribution in [3.8, 4) is 5.69 Å². The van der Waals surface area contributed by atoms with Gasteiger partial charge in [0.2, 0.25) is 0 Å². The lowest BCUT2D eigenvalue weighted by molar-refractivity contribution is 0.0963. The molecule has 1 saturated heterocycles. The van der Waals surface area contributed by atoms with Crippen LogP contribution in [0.25, 0.3) is 5.69 Å². The standard InChI is InChI=1S/C19H26N6O2.HI/c1-2-27-19(26)24-11-7-16(8-12-24)23-18(20)21-14-15-5-3-6-17(13-15)25-10-4-9-22-25;/h3-6,9-10,13,16H,2,7-8,11-12,14H2,1H3,(H3,20,21,23);1H. The molecule has 2 aromatic rings. The third-order valence-electron chi connectivity index (χ3n) is 4.48. The van der Waals surface area contributed by atoms with Crippen molar-refractivity contribution >= 4 is 36.0 Å². The second-order valence-corrected chi connectivity index (χ2v) is 6.43. The fourth-order valence-electron chi connectivity index (χ4n) is 3.07. The number of carbonyl (C=O) groups is 1. The van der Waals surface area contributed by atoms with Crippen LogP contribution in [-0.4, -0.2) is 52.5 Å². The minimum atomic E-state index is -0.241. The van der Waals surface area contributed by atoms with E-state index in [-0.39, 0.29) is 36.1 Å². The molecule has 2 heterocycles. The monoisotopic (exact) mass is 498 g/mol. The number of rotatable bonds is 5. The number of halogens is 1. The molecular weight excluding hydrogens is 471 g/mol. The van der Waals surface area contributed by atoms with E-state index in [0.717, 1.165) is 24.1 Å². The Morgan fingerprint density at radius 2 is 2.14 bits per heavy atom. The molecule has 0 saturated carbocycles. The van der Waals surface area contributed by atoms with E-state index in [0.29, 0.717) is 32.2 Å². The zero-order valence-electron chi connectivity index (χ0n) is 16.0. The molecule has 1 aromatic carbocycles. The van der Waals surface area contributed by atoms with Crippen molar-refractivity contribution in [3.05, 3.63) is 48.3 Å². The Kier molecular flexibility index (Phi) is 8.55. The van der Waals surface area contributed by atoms with Crippen molar-refractivity contribution in [2.75, 3.05) is 19.7 Å². The Labute approximate surface area is 182 Å². The lowest BCUT2D eigenvalue weighted by Crippen LogP contribution is -2.48. The van der Waals surface area contributed by atoms with E-state index in [1.54, 1.807) is 11.1 Å². The number of aliphatic imine (C=N–C) groups is 1. The summed E-state index contributed by atoms with van der Waals surface area (Å²) in [5.41, 5.74) is 8.09. The number of carbonyl (C=O) groups excluding carboxylic acids is 1. The van der Waals surface area contributed by atoms with Gasteiger partial charge in [0.15, 0.2) is 5.96 Å². The van der Waals surface area contributed by atoms with Gasteiger partial charge in [0.05, 0.1) is 18.8 Å². The summed E-state index contributed by atoms with van der Waals surface area (Å²) in [6, 6.07) is 10.1. The third kappa shape index (κ3) is 6.11. The Morgan fingerprint density at radius 1 is 1.36 bits per heavy atom. The van der Waals surface area contributed by atoms with Gasteiger partial charge in [-0.25, -0.2) is 14.5 Å². The first-order valence-electron chi connectivity index (χ1n) is 9.23. The summed E-state index contributed by atoms with van der Waals surface area (Å²) < 4.78 is 6.85. The fourth-order valence-corrected chi connectivity index (χ4v) is 3.07. The highest BCUT2D eigenvalue weighted by Gasteiger charge is 2.23. The topological polar surface area (TPSA) is 97.8 Å². The molecule has 9 heteroatoms. The number of amides is 1. The molecule has 3 N–H and O–H groups in total. The number of nitrogens with one attached hydrogen (secondary N) is 1. The number of nitrogens with zero attached hydrogens (tertiary/aromatic N) is 4. The molecule has 0 spiro atoms. The maximum absolute atomic E-state index is 11.7. The quantitative estimate of drug-likeness (QED) is 0.375. The zero-order valence-corrected chi connectivity index (χ0v) is 18.3. The Bertz CT molecular complexity index is 772. The molecule has 8 nitrogen and oxygen atoms in total. The highest BCUT2D eigenvalue weighted by atomic mass is 127. The molecule has 0 aliphatic carbocycles. The maximum Gasteiger partial charge on any atom is 0.409 e. The molecule has 0 unspecified atom stereocenters. The Balaban J connectivity index is 0.00000280. The highest BCUT2D eigenvalue weighted by Crippen LogP contribution is 2.12. The lowest BCUT2D eigenvalue weighted by atomic mass is 10.1. The number of piperidine rings is 1. The SMILES string of the molecule is CCOC(=O)N1CCC(NC(N)=NCc2cccc(-n3cccn3)c2)CC1.I. The molecular formula is C19H27IN6O2. The largest absolute Gasteiger partial charge is 0.450 e. The molecule has 0 bridgehead atoms. The van der Waals surface area contributed by atoms with Crippen LogP contribution in [0.4, 0.5) is 4.79 Å². The van der Waals surface area contributed by atoms with E-state index in [1.165, 1.54) is 0 Å². The van der Waals surface area contributed by atoms with Crippen LogP contribution in [0.5, 0.6) is 0 Å². The van der Waals surface area contributed by atoms with Gasteiger partial charge >= 0.3 is 6.09 Å². The average Bonchev–Trinajstić information content (AvgIpc) is 3.22. The predicted molar refractivity (Wildman–Crippen MR) is 119 cm³/mol. The summed E-state index contributed by atoms with van der Waals surface area (Å²) in [6.07, 6.45) is 5.06. The fraction of sp³-hybridized carbons (Fsp3) is 0.421. The van der Waals surface area contributed by atoms with E-state index in [2.05, 4.69) is 15.4 Å². The summed E-state index contributed by atoms with van der Waals surface area (Å²) in [4.78, 5) is 17.9. The number of nitrogens with two attached hydrogens (primary N) is 1. The van der Waals surface area contributed by atoms with Crippen molar-refractivity contribution in [1.29, 1.82) is 0 Å². The van der Waals surface area contributed by atoms with Gasteiger partial charge in [0.1, 0.15) is 0 Å². The second kappa shape index (κ2) is 10.9. The molecule has 1 fully saturated rings. The van der Waals surface area contributed by atoms with Crippen LogP contribution in [0.2, 0.25) is 0 Å². The number of aromatic nitrogens is 2. The van der Waals surface area contributed by atoms with Crippen LogP contribution in [0.3, 0.4) is 0 Å². The molecule has 1 aliphatic rings. The van der Waals surface area contributed by atoms with Crippen molar-refractivity contribution in [2.24, 2.45) is 10.7 Å². The summed E-state index contributed by atoms with van der Waals surface area (Å²) in [5.74, 6) is 0.425. The summed E-state index contributed by atoms with van der Waals surface area (Å²) in [6.45, 7) is 4.04. The molecule has 1 amide bonds. The van der Waals surface area contributed by atoms with Gasteiger partial charge < -0.3 is 20.7 Å². The first-order valence-corrected chi connectivity index (χ1v) is 9.23. The molecule has 28 heavy (non-hydrogen) atoms. The molecule has 1 aliphatic heterocycles. The molecule has 1 aromatic heterocycles. The Hall–Kier alpha value is -2.30. The minimum absolute atomic E-state index is 0. The van der Waals surface area contributed by atoms with Crippen LogP contribution < -0.4 is 11.1 Å². The number of guanidine groups is 1.